The highest BCUT2D eigenvalue weighted by atomic mass is 32.2. The summed E-state index contributed by atoms with van der Waals surface area (Å²) in [5.74, 6) is 0.760. The lowest BCUT2D eigenvalue weighted by atomic mass is 10.1. The van der Waals surface area contributed by atoms with Crippen molar-refractivity contribution in [2.75, 3.05) is 11.5 Å². The van der Waals surface area contributed by atoms with Crippen molar-refractivity contribution in [1.29, 1.82) is 0 Å². The van der Waals surface area contributed by atoms with Gasteiger partial charge >= 0.3 is 0 Å². The van der Waals surface area contributed by atoms with Crippen LogP contribution in [0.1, 0.15) is 38.7 Å². The molecular weight excluding hydrogens is 300 g/mol. The van der Waals surface area contributed by atoms with E-state index in [1.807, 2.05) is 12.1 Å². The average Bonchev–Trinajstić information content (AvgIpc) is 2.83. The Morgan fingerprint density at radius 2 is 2.23 bits per heavy atom. The second kappa shape index (κ2) is 7.22. The summed E-state index contributed by atoms with van der Waals surface area (Å²) in [5, 5.41) is 0. The van der Waals surface area contributed by atoms with Gasteiger partial charge in [-0.3, -0.25) is 9.78 Å². The van der Waals surface area contributed by atoms with Crippen molar-refractivity contribution >= 4 is 15.7 Å². The molecule has 2 rings (SSSR count). The van der Waals surface area contributed by atoms with Crippen LogP contribution in [0, 0.1) is 5.92 Å². The second-order valence-electron chi connectivity index (χ2n) is 6.37. The van der Waals surface area contributed by atoms with Crippen molar-refractivity contribution in [3.05, 3.63) is 30.1 Å². The van der Waals surface area contributed by atoms with E-state index in [-0.39, 0.29) is 23.5 Å². The smallest absolute Gasteiger partial charge is 0.223 e. The Hall–Kier alpha value is -1.43. The van der Waals surface area contributed by atoms with Crippen LogP contribution in [0.15, 0.2) is 24.5 Å². The maximum absolute atomic E-state index is 12.6. The Morgan fingerprint density at radius 1 is 1.45 bits per heavy atom. The molecule has 122 valence electrons. The maximum Gasteiger partial charge on any atom is 0.223 e. The van der Waals surface area contributed by atoms with E-state index in [4.69, 9.17) is 0 Å². The third kappa shape index (κ3) is 4.80. The predicted octanol–water partition coefficient (Wildman–Crippen LogP) is 2.03. The minimum atomic E-state index is -3.01. The molecule has 5 nitrogen and oxygen atoms in total. The number of nitrogens with zero attached hydrogens (tertiary/aromatic N) is 2. The molecule has 1 amide bonds. The minimum Gasteiger partial charge on any atom is -0.334 e. The number of rotatable bonds is 6. The topological polar surface area (TPSA) is 67.3 Å². The minimum absolute atomic E-state index is 0.0413. The van der Waals surface area contributed by atoms with Crippen molar-refractivity contribution in [3.8, 4) is 0 Å². The van der Waals surface area contributed by atoms with Gasteiger partial charge in [0, 0.05) is 31.4 Å². The van der Waals surface area contributed by atoms with Gasteiger partial charge in [0.15, 0.2) is 9.84 Å². The summed E-state index contributed by atoms with van der Waals surface area (Å²) in [6, 6.07) is 3.54. The summed E-state index contributed by atoms with van der Waals surface area (Å²) in [7, 11) is -3.01. The Kier molecular flexibility index (Phi) is 5.56. The number of carbonyl (C=O) groups excluding carboxylic acids is 1. The molecule has 1 aromatic rings. The third-order valence-corrected chi connectivity index (χ3v) is 5.73. The molecule has 1 atom stereocenters. The SMILES string of the molecule is CC(C)CCC(=O)N(Cc1cccnc1)C1CCS(=O)(=O)C1. The van der Waals surface area contributed by atoms with Crippen LogP contribution in [0.25, 0.3) is 0 Å². The monoisotopic (exact) mass is 324 g/mol. The predicted molar refractivity (Wildman–Crippen MR) is 85.9 cm³/mol. The van der Waals surface area contributed by atoms with Crippen molar-refractivity contribution in [3.63, 3.8) is 0 Å². The van der Waals surface area contributed by atoms with Crippen LogP contribution in [-0.4, -0.2) is 41.8 Å². The largest absolute Gasteiger partial charge is 0.334 e. The van der Waals surface area contributed by atoms with E-state index in [0.717, 1.165) is 12.0 Å². The number of sulfone groups is 1. The van der Waals surface area contributed by atoms with Crippen LogP contribution in [0.4, 0.5) is 0 Å². The Morgan fingerprint density at radius 3 is 2.77 bits per heavy atom. The summed E-state index contributed by atoms with van der Waals surface area (Å²) in [4.78, 5) is 18.4. The molecule has 2 heterocycles. The first-order valence-electron chi connectivity index (χ1n) is 7.76. The molecular formula is C16H24N2O3S. The zero-order valence-electron chi connectivity index (χ0n) is 13.2. The number of pyridine rings is 1. The molecule has 0 spiro atoms. The lowest BCUT2D eigenvalue weighted by Gasteiger charge is -2.28. The Bertz CT molecular complexity index is 599. The number of amides is 1. The van der Waals surface area contributed by atoms with Crippen LogP contribution >= 0.6 is 0 Å². The first kappa shape index (κ1) is 16.9. The molecule has 0 saturated carbocycles. The van der Waals surface area contributed by atoms with E-state index < -0.39 is 9.84 Å². The zero-order valence-corrected chi connectivity index (χ0v) is 14.1. The van der Waals surface area contributed by atoms with E-state index in [9.17, 15) is 13.2 Å². The summed E-state index contributed by atoms with van der Waals surface area (Å²) in [5.41, 5.74) is 0.935. The molecule has 0 aliphatic carbocycles. The molecule has 1 aliphatic rings. The van der Waals surface area contributed by atoms with Gasteiger partial charge in [-0.25, -0.2) is 8.42 Å². The van der Waals surface area contributed by atoms with Gasteiger partial charge in [0.25, 0.3) is 0 Å². The third-order valence-electron chi connectivity index (χ3n) is 3.98. The molecule has 1 fully saturated rings. The van der Waals surface area contributed by atoms with Gasteiger partial charge in [-0.2, -0.15) is 0 Å². The van der Waals surface area contributed by atoms with E-state index in [1.54, 1.807) is 17.3 Å². The van der Waals surface area contributed by atoms with E-state index in [2.05, 4.69) is 18.8 Å². The molecule has 0 N–H and O–H groups in total. The van der Waals surface area contributed by atoms with Crippen molar-refractivity contribution in [2.24, 2.45) is 5.92 Å². The molecule has 0 bridgehead atoms. The van der Waals surface area contributed by atoms with Crippen LogP contribution in [0.5, 0.6) is 0 Å². The van der Waals surface area contributed by atoms with Crippen LogP contribution in [0.2, 0.25) is 0 Å². The summed E-state index contributed by atoms with van der Waals surface area (Å²) >= 11 is 0. The summed E-state index contributed by atoms with van der Waals surface area (Å²) < 4.78 is 23.5. The molecule has 0 aromatic carbocycles. The second-order valence-corrected chi connectivity index (χ2v) is 8.60. The van der Waals surface area contributed by atoms with E-state index in [1.165, 1.54) is 0 Å². The first-order chi connectivity index (χ1) is 10.4. The fraction of sp³-hybridized carbons (Fsp3) is 0.625. The Balaban J connectivity index is 2.11. The number of hydrogen-bond donors (Lipinski definition) is 0. The highest BCUT2D eigenvalue weighted by Crippen LogP contribution is 2.21. The first-order valence-corrected chi connectivity index (χ1v) is 9.58. The molecule has 22 heavy (non-hydrogen) atoms. The van der Waals surface area contributed by atoms with E-state index in [0.29, 0.717) is 25.3 Å². The van der Waals surface area contributed by atoms with Crippen LogP contribution in [-0.2, 0) is 21.2 Å². The average molecular weight is 324 g/mol. The highest BCUT2D eigenvalue weighted by Gasteiger charge is 2.34. The summed E-state index contributed by atoms with van der Waals surface area (Å²) in [6.45, 7) is 4.60. The molecule has 1 saturated heterocycles. The number of hydrogen-bond acceptors (Lipinski definition) is 4. The number of aromatic nitrogens is 1. The zero-order chi connectivity index (χ0) is 16.2. The fourth-order valence-electron chi connectivity index (χ4n) is 2.69. The lowest BCUT2D eigenvalue weighted by molar-refractivity contribution is -0.134. The normalized spacial score (nSPS) is 20.2. The molecule has 0 radical (unpaired) electrons. The van der Waals surface area contributed by atoms with Crippen molar-refractivity contribution < 1.29 is 13.2 Å². The van der Waals surface area contributed by atoms with Crippen molar-refractivity contribution in [1.82, 2.24) is 9.88 Å². The quantitative estimate of drug-likeness (QED) is 0.803. The molecule has 1 aliphatic heterocycles. The van der Waals surface area contributed by atoms with Gasteiger partial charge in [0.05, 0.1) is 11.5 Å². The molecule has 6 heteroatoms. The van der Waals surface area contributed by atoms with Crippen LogP contribution in [0.3, 0.4) is 0 Å². The summed E-state index contributed by atoms with van der Waals surface area (Å²) in [6.07, 6.45) is 5.24. The molecule has 1 aromatic heterocycles. The van der Waals surface area contributed by atoms with Gasteiger partial charge in [-0.05, 0) is 30.4 Å². The van der Waals surface area contributed by atoms with Gasteiger partial charge in [0.2, 0.25) is 5.91 Å². The maximum atomic E-state index is 12.6. The van der Waals surface area contributed by atoms with Gasteiger partial charge in [-0.15, -0.1) is 0 Å². The van der Waals surface area contributed by atoms with Crippen LogP contribution < -0.4 is 0 Å². The lowest BCUT2D eigenvalue weighted by Crippen LogP contribution is -2.40. The Labute approximate surface area is 132 Å². The van der Waals surface area contributed by atoms with E-state index >= 15 is 0 Å². The van der Waals surface area contributed by atoms with Gasteiger partial charge in [-0.1, -0.05) is 19.9 Å². The fourth-order valence-corrected chi connectivity index (χ4v) is 4.42. The van der Waals surface area contributed by atoms with Gasteiger partial charge in [0.1, 0.15) is 0 Å². The molecule has 1 unspecified atom stereocenters. The standard InChI is InChI=1S/C16H24N2O3S/c1-13(2)5-6-16(19)18(11-14-4-3-8-17-10-14)15-7-9-22(20,21)12-15/h3-4,8,10,13,15H,5-7,9,11-12H2,1-2H3. The highest BCUT2D eigenvalue weighted by molar-refractivity contribution is 7.91. The van der Waals surface area contributed by atoms with Crippen molar-refractivity contribution in [2.45, 2.75) is 45.7 Å². The number of carbonyl (C=O) groups is 1. The van der Waals surface area contributed by atoms with Gasteiger partial charge < -0.3 is 4.90 Å².